The summed E-state index contributed by atoms with van der Waals surface area (Å²) in [7, 11) is 2.09. The van der Waals surface area contributed by atoms with Gasteiger partial charge in [0.25, 0.3) is 0 Å². The van der Waals surface area contributed by atoms with E-state index >= 15 is 0 Å². The third kappa shape index (κ3) is 3.75. The second-order valence-corrected chi connectivity index (χ2v) is 6.08. The maximum absolute atomic E-state index is 6.02. The van der Waals surface area contributed by atoms with Crippen molar-refractivity contribution in [3.8, 4) is 0 Å². The standard InChI is InChI=1S/C13H20ClN3S/c1-17(9-10-6-4-3-5-7-10)12-8-11(14)15-13(16-12)18-2/h8,10H,3-7,9H2,1-2H3. The fraction of sp³-hybridized carbons (Fsp3) is 0.692. The maximum Gasteiger partial charge on any atom is 0.190 e. The highest BCUT2D eigenvalue weighted by atomic mass is 35.5. The summed E-state index contributed by atoms with van der Waals surface area (Å²) in [5.41, 5.74) is 0. The molecule has 1 aromatic heterocycles. The number of hydrogen-bond acceptors (Lipinski definition) is 4. The summed E-state index contributed by atoms with van der Waals surface area (Å²) in [4.78, 5) is 10.9. The van der Waals surface area contributed by atoms with Crippen molar-refractivity contribution in [1.29, 1.82) is 0 Å². The van der Waals surface area contributed by atoms with Gasteiger partial charge in [0.15, 0.2) is 5.16 Å². The second kappa shape index (κ2) is 6.62. The predicted octanol–water partition coefficient (Wildman–Crippen LogP) is 3.87. The van der Waals surface area contributed by atoms with Crippen LogP contribution in [0, 0.1) is 5.92 Å². The molecule has 0 amide bonds. The fourth-order valence-corrected chi connectivity index (χ4v) is 3.13. The van der Waals surface area contributed by atoms with Crippen LogP contribution in [0.4, 0.5) is 5.82 Å². The third-order valence-electron chi connectivity index (χ3n) is 3.49. The van der Waals surface area contributed by atoms with Crippen molar-refractivity contribution in [2.45, 2.75) is 37.3 Å². The molecule has 2 rings (SSSR count). The van der Waals surface area contributed by atoms with Crippen LogP contribution < -0.4 is 4.90 Å². The lowest BCUT2D eigenvalue weighted by atomic mass is 9.89. The summed E-state index contributed by atoms with van der Waals surface area (Å²) in [5, 5.41) is 1.27. The van der Waals surface area contributed by atoms with Crippen LogP contribution in [-0.2, 0) is 0 Å². The van der Waals surface area contributed by atoms with E-state index in [1.807, 2.05) is 12.3 Å². The highest BCUT2D eigenvalue weighted by Gasteiger charge is 2.16. The lowest BCUT2D eigenvalue weighted by molar-refractivity contribution is 0.361. The first-order valence-electron chi connectivity index (χ1n) is 6.48. The summed E-state index contributed by atoms with van der Waals surface area (Å²) >= 11 is 7.55. The molecule has 0 N–H and O–H groups in total. The molecule has 1 aliphatic carbocycles. The van der Waals surface area contributed by atoms with Gasteiger partial charge in [0.05, 0.1) is 0 Å². The van der Waals surface area contributed by atoms with Crippen molar-refractivity contribution >= 4 is 29.2 Å². The van der Waals surface area contributed by atoms with Crippen molar-refractivity contribution in [1.82, 2.24) is 9.97 Å². The van der Waals surface area contributed by atoms with Gasteiger partial charge in [0.2, 0.25) is 0 Å². The van der Waals surface area contributed by atoms with E-state index in [0.29, 0.717) is 5.15 Å². The monoisotopic (exact) mass is 285 g/mol. The lowest BCUT2D eigenvalue weighted by Gasteiger charge is -2.27. The molecule has 1 aliphatic rings. The second-order valence-electron chi connectivity index (χ2n) is 4.92. The van der Waals surface area contributed by atoms with Crippen LogP contribution in [-0.4, -0.2) is 29.8 Å². The average molecular weight is 286 g/mol. The van der Waals surface area contributed by atoms with E-state index in [1.54, 1.807) is 0 Å². The van der Waals surface area contributed by atoms with Gasteiger partial charge >= 0.3 is 0 Å². The van der Waals surface area contributed by atoms with Gasteiger partial charge in [0, 0.05) is 19.7 Å². The van der Waals surface area contributed by atoms with E-state index in [4.69, 9.17) is 11.6 Å². The van der Waals surface area contributed by atoms with Crippen molar-refractivity contribution < 1.29 is 0 Å². The Balaban J connectivity index is 2.02. The van der Waals surface area contributed by atoms with E-state index in [2.05, 4.69) is 21.9 Å². The molecule has 3 nitrogen and oxygen atoms in total. The number of nitrogens with zero attached hydrogens (tertiary/aromatic N) is 3. The Kier molecular flexibility index (Phi) is 5.13. The minimum atomic E-state index is 0.528. The van der Waals surface area contributed by atoms with E-state index in [9.17, 15) is 0 Å². The summed E-state index contributed by atoms with van der Waals surface area (Å²) in [5.74, 6) is 1.74. The maximum atomic E-state index is 6.02. The Morgan fingerprint density at radius 3 is 2.72 bits per heavy atom. The smallest absolute Gasteiger partial charge is 0.190 e. The highest BCUT2D eigenvalue weighted by molar-refractivity contribution is 7.98. The van der Waals surface area contributed by atoms with E-state index in [0.717, 1.165) is 23.4 Å². The van der Waals surface area contributed by atoms with Gasteiger partial charge in [-0.05, 0) is 25.0 Å². The van der Waals surface area contributed by atoms with Gasteiger partial charge in [-0.2, -0.15) is 0 Å². The van der Waals surface area contributed by atoms with Crippen LogP contribution in [0.3, 0.4) is 0 Å². The average Bonchev–Trinajstić information content (AvgIpc) is 2.39. The molecule has 1 fully saturated rings. The van der Waals surface area contributed by atoms with Gasteiger partial charge in [0.1, 0.15) is 11.0 Å². The Hall–Kier alpha value is -0.480. The first-order chi connectivity index (χ1) is 8.69. The van der Waals surface area contributed by atoms with Gasteiger partial charge in [-0.3, -0.25) is 0 Å². The molecule has 5 heteroatoms. The zero-order chi connectivity index (χ0) is 13.0. The number of halogens is 1. The normalized spacial score (nSPS) is 16.8. The molecule has 0 spiro atoms. The highest BCUT2D eigenvalue weighted by Crippen LogP contribution is 2.26. The zero-order valence-corrected chi connectivity index (χ0v) is 12.6. The van der Waals surface area contributed by atoms with Crippen LogP contribution in [0.15, 0.2) is 11.2 Å². The van der Waals surface area contributed by atoms with Crippen LogP contribution in [0.1, 0.15) is 32.1 Å². The molecular weight excluding hydrogens is 266 g/mol. The van der Waals surface area contributed by atoms with Crippen molar-refractivity contribution in [2.75, 3.05) is 24.7 Å². The molecule has 1 aromatic rings. The molecule has 100 valence electrons. The molecule has 0 saturated heterocycles. The number of aromatic nitrogens is 2. The first kappa shape index (κ1) is 13.9. The predicted molar refractivity (Wildman–Crippen MR) is 78.7 cm³/mol. The van der Waals surface area contributed by atoms with E-state index in [-0.39, 0.29) is 0 Å². The number of rotatable bonds is 4. The summed E-state index contributed by atoms with van der Waals surface area (Å²) in [6.45, 7) is 1.07. The van der Waals surface area contributed by atoms with Crippen molar-refractivity contribution in [3.63, 3.8) is 0 Å². The summed E-state index contributed by atoms with van der Waals surface area (Å²) < 4.78 is 0. The molecule has 0 atom stereocenters. The minimum absolute atomic E-state index is 0.528. The van der Waals surface area contributed by atoms with Gasteiger partial charge < -0.3 is 4.90 Å². The molecule has 1 heterocycles. The van der Waals surface area contributed by atoms with Gasteiger partial charge in [-0.1, -0.05) is 42.6 Å². The molecule has 0 bridgehead atoms. The summed E-state index contributed by atoms with van der Waals surface area (Å²) in [6, 6.07) is 1.85. The van der Waals surface area contributed by atoms with Crippen LogP contribution in [0.5, 0.6) is 0 Å². The topological polar surface area (TPSA) is 29.0 Å². The molecule has 0 unspecified atom stereocenters. The minimum Gasteiger partial charge on any atom is -0.359 e. The Morgan fingerprint density at radius 2 is 2.06 bits per heavy atom. The van der Waals surface area contributed by atoms with Gasteiger partial charge in [-0.25, -0.2) is 9.97 Å². The fourth-order valence-electron chi connectivity index (χ4n) is 2.52. The van der Waals surface area contributed by atoms with Crippen molar-refractivity contribution in [2.24, 2.45) is 5.92 Å². The van der Waals surface area contributed by atoms with E-state index < -0.39 is 0 Å². The molecule has 0 aliphatic heterocycles. The lowest BCUT2D eigenvalue weighted by Crippen LogP contribution is -2.27. The summed E-state index contributed by atoms with van der Waals surface area (Å²) in [6.07, 6.45) is 8.81. The molecular formula is C13H20ClN3S. The van der Waals surface area contributed by atoms with Crippen LogP contribution >= 0.6 is 23.4 Å². The SMILES string of the molecule is CSc1nc(Cl)cc(N(C)CC2CCCCC2)n1. The largest absolute Gasteiger partial charge is 0.359 e. The van der Waals surface area contributed by atoms with Crippen molar-refractivity contribution in [3.05, 3.63) is 11.2 Å². The number of anilines is 1. The zero-order valence-electron chi connectivity index (χ0n) is 11.0. The molecule has 0 radical (unpaired) electrons. The molecule has 18 heavy (non-hydrogen) atoms. The van der Waals surface area contributed by atoms with Gasteiger partial charge in [-0.15, -0.1) is 0 Å². The van der Waals surface area contributed by atoms with E-state index in [1.165, 1.54) is 43.9 Å². The quantitative estimate of drug-likeness (QED) is 0.477. The Labute approximate surface area is 118 Å². The molecule has 1 saturated carbocycles. The number of hydrogen-bond donors (Lipinski definition) is 0. The third-order valence-corrected chi connectivity index (χ3v) is 4.23. The van der Waals surface area contributed by atoms with Crippen LogP contribution in [0.25, 0.3) is 0 Å². The number of thioether (sulfide) groups is 1. The molecule has 0 aromatic carbocycles. The first-order valence-corrected chi connectivity index (χ1v) is 8.09. The Bertz CT molecular complexity index is 394. The Morgan fingerprint density at radius 1 is 1.33 bits per heavy atom. The van der Waals surface area contributed by atoms with Crippen LogP contribution in [0.2, 0.25) is 5.15 Å².